The maximum atomic E-state index is 5.67. The lowest BCUT2D eigenvalue weighted by molar-refractivity contribution is -0.611. The quantitative estimate of drug-likeness (QED) is 0.402. The number of hydrogen-bond acceptors (Lipinski definition) is 1. The predicted octanol–water partition coefficient (Wildman–Crippen LogP) is -2.15. The van der Waals surface area contributed by atoms with Gasteiger partial charge >= 0.3 is 0 Å². The summed E-state index contributed by atoms with van der Waals surface area (Å²) in [6.07, 6.45) is 1.84. The standard InChI is InChI=1S/C9H9N2.BrH/c10-11-7-3-5-8-4-1-2-6-9(8)11;/h1-7H,10H2;1H/q+1;/p-1. The van der Waals surface area contributed by atoms with Gasteiger partial charge in [-0.15, -0.1) is 0 Å². The number of nitrogens with zero attached hydrogens (tertiary/aromatic N) is 1. The van der Waals surface area contributed by atoms with Crippen LogP contribution in [0, 0.1) is 0 Å². The highest BCUT2D eigenvalue weighted by molar-refractivity contribution is 5.74. The van der Waals surface area contributed by atoms with E-state index < -0.39 is 0 Å². The van der Waals surface area contributed by atoms with E-state index in [0.29, 0.717) is 0 Å². The minimum atomic E-state index is 0. The second-order valence-electron chi connectivity index (χ2n) is 2.47. The minimum Gasteiger partial charge on any atom is -1.00 e. The van der Waals surface area contributed by atoms with Crippen molar-refractivity contribution in [3.63, 3.8) is 0 Å². The molecule has 3 heteroatoms. The molecule has 2 rings (SSSR count). The van der Waals surface area contributed by atoms with Crippen LogP contribution in [0.2, 0.25) is 0 Å². The van der Waals surface area contributed by atoms with Crippen molar-refractivity contribution in [2.45, 2.75) is 0 Å². The van der Waals surface area contributed by atoms with E-state index in [9.17, 15) is 0 Å². The molecule has 0 unspecified atom stereocenters. The lowest BCUT2D eigenvalue weighted by Crippen LogP contribution is -3.00. The van der Waals surface area contributed by atoms with E-state index in [1.165, 1.54) is 0 Å². The highest BCUT2D eigenvalue weighted by Gasteiger charge is 2.00. The fraction of sp³-hybridized carbons (Fsp3) is 0. The van der Waals surface area contributed by atoms with E-state index in [4.69, 9.17) is 5.84 Å². The van der Waals surface area contributed by atoms with Gasteiger partial charge in [0.15, 0.2) is 6.20 Å². The fourth-order valence-corrected chi connectivity index (χ4v) is 1.18. The van der Waals surface area contributed by atoms with Gasteiger partial charge in [0.25, 0.3) is 0 Å². The van der Waals surface area contributed by atoms with Crippen LogP contribution in [0.25, 0.3) is 10.9 Å². The first-order valence-electron chi connectivity index (χ1n) is 3.52. The molecule has 0 aliphatic heterocycles. The molecule has 1 aromatic heterocycles. The molecule has 0 saturated carbocycles. The molecule has 0 saturated heterocycles. The molecule has 12 heavy (non-hydrogen) atoms. The van der Waals surface area contributed by atoms with E-state index in [1.54, 1.807) is 4.68 Å². The van der Waals surface area contributed by atoms with Crippen molar-refractivity contribution in [1.82, 2.24) is 0 Å². The van der Waals surface area contributed by atoms with Gasteiger partial charge in [-0.1, -0.05) is 16.8 Å². The molecule has 62 valence electrons. The molecular formula is C9H9BrN2. The number of fused-ring (bicyclic) bond motifs is 1. The van der Waals surface area contributed by atoms with Gasteiger partial charge in [0.1, 0.15) is 0 Å². The van der Waals surface area contributed by atoms with E-state index >= 15 is 0 Å². The van der Waals surface area contributed by atoms with Crippen molar-refractivity contribution in [3.8, 4) is 0 Å². The van der Waals surface area contributed by atoms with Crippen LogP contribution in [-0.2, 0) is 0 Å². The van der Waals surface area contributed by atoms with Crippen LogP contribution >= 0.6 is 0 Å². The van der Waals surface area contributed by atoms with Gasteiger partial charge in [-0.05, 0) is 12.1 Å². The molecule has 0 bridgehead atoms. The van der Waals surface area contributed by atoms with Gasteiger partial charge in [-0.25, -0.2) is 5.84 Å². The predicted molar refractivity (Wildman–Crippen MR) is 44.3 cm³/mol. The third-order valence-corrected chi connectivity index (χ3v) is 1.74. The molecule has 2 aromatic rings. The van der Waals surface area contributed by atoms with Crippen molar-refractivity contribution in [1.29, 1.82) is 0 Å². The molecule has 0 atom stereocenters. The summed E-state index contributed by atoms with van der Waals surface area (Å²) in [4.78, 5) is 0. The summed E-state index contributed by atoms with van der Waals surface area (Å²) >= 11 is 0. The Labute approximate surface area is 81.4 Å². The number of rotatable bonds is 0. The molecule has 2 N–H and O–H groups in total. The number of nitrogens with two attached hydrogens (primary N) is 1. The van der Waals surface area contributed by atoms with Crippen molar-refractivity contribution >= 4 is 10.9 Å². The lowest BCUT2D eigenvalue weighted by Gasteiger charge is -1.91. The maximum Gasteiger partial charge on any atom is 0.242 e. The molecule has 0 radical (unpaired) electrons. The first-order valence-corrected chi connectivity index (χ1v) is 3.52. The molecule has 0 aliphatic carbocycles. The Morgan fingerprint density at radius 3 is 2.42 bits per heavy atom. The van der Waals surface area contributed by atoms with E-state index in [1.807, 2.05) is 42.6 Å². The van der Waals surface area contributed by atoms with Gasteiger partial charge in [-0.2, -0.15) is 0 Å². The van der Waals surface area contributed by atoms with Crippen molar-refractivity contribution in [2.24, 2.45) is 0 Å². The van der Waals surface area contributed by atoms with Crippen LogP contribution in [-0.4, -0.2) is 0 Å². The summed E-state index contributed by atoms with van der Waals surface area (Å²) < 4.78 is 1.62. The Morgan fingerprint density at radius 1 is 1.00 bits per heavy atom. The first kappa shape index (κ1) is 9.00. The number of aromatic nitrogens is 1. The molecule has 0 fully saturated rings. The average molecular weight is 225 g/mol. The summed E-state index contributed by atoms with van der Waals surface area (Å²) in [7, 11) is 0. The molecular weight excluding hydrogens is 216 g/mol. The summed E-state index contributed by atoms with van der Waals surface area (Å²) in [5, 5.41) is 1.16. The summed E-state index contributed by atoms with van der Waals surface area (Å²) in [6, 6.07) is 12.0. The number of pyridine rings is 1. The van der Waals surface area contributed by atoms with Gasteiger partial charge in [0.2, 0.25) is 5.52 Å². The summed E-state index contributed by atoms with van der Waals surface area (Å²) in [5.41, 5.74) is 1.05. The Kier molecular flexibility index (Phi) is 2.65. The third kappa shape index (κ3) is 1.41. The lowest BCUT2D eigenvalue weighted by atomic mass is 10.2. The van der Waals surface area contributed by atoms with Crippen LogP contribution in [0.5, 0.6) is 0 Å². The van der Waals surface area contributed by atoms with Gasteiger partial charge in [0.05, 0.1) is 0 Å². The first-order chi connectivity index (χ1) is 5.38. The van der Waals surface area contributed by atoms with E-state index in [2.05, 4.69) is 0 Å². The number of benzene rings is 1. The average Bonchev–Trinajstić information content (AvgIpc) is 2.06. The minimum absolute atomic E-state index is 0. The zero-order chi connectivity index (χ0) is 7.68. The topological polar surface area (TPSA) is 29.9 Å². The van der Waals surface area contributed by atoms with Gasteiger partial charge < -0.3 is 17.0 Å². The highest BCUT2D eigenvalue weighted by atomic mass is 79.9. The largest absolute Gasteiger partial charge is 1.00 e. The van der Waals surface area contributed by atoms with E-state index in [-0.39, 0.29) is 17.0 Å². The molecule has 2 nitrogen and oxygen atoms in total. The molecule has 0 spiro atoms. The monoisotopic (exact) mass is 224 g/mol. The van der Waals surface area contributed by atoms with Gasteiger partial charge in [0, 0.05) is 17.5 Å². The van der Waals surface area contributed by atoms with E-state index in [0.717, 1.165) is 10.9 Å². The van der Waals surface area contributed by atoms with Crippen molar-refractivity contribution < 1.29 is 21.7 Å². The van der Waals surface area contributed by atoms with Crippen molar-refractivity contribution in [2.75, 3.05) is 5.84 Å². The smallest absolute Gasteiger partial charge is 0.242 e. The Morgan fingerprint density at radius 2 is 1.67 bits per heavy atom. The van der Waals surface area contributed by atoms with Crippen LogP contribution in [0.1, 0.15) is 0 Å². The van der Waals surface area contributed by atoms with Crippen LogP contribution in [0.4, 0.5) is 0 Å². The van der Waals surface area contributed by atoms with Crippen LogP contribution in [0.3, 0.4) is 0 Å². The third-order valence-electron chi connectivity index (χ3n) is 1.74. The highest BCUT2D eigenvalue weighted by Crippen LogP contribution is 2.05. The SMILES string of the molecule is N[n+]1cccc2ccccc21.[Br-]. The molecule has 1 aromatic carbocycles. The number of para-hydroxylation sites is 1. The second kappa shape index (κ2) is 3.54. The normalized spacial score (nSPS) is 9.33. The molecule has 0 aliphatic rings. The Balaban J connectivity index is 0.000000720. The van der Waals surface area contributed by atoms with Crippen LogP contribution < -0.4 is 27.5 Å². The zero-order valence-corrected chi connectivity index (χ0v) is 8.03. The fourth-order valence-electron chi connectivity index (χ4n) is 1.18. The summed E-state index contributed by atoms with van der Waals surface area (Å²) in [6.45, 7) is 0. The zero-order valence-electron chi connectivity index (χ0n) is 6.44. The second-order valence-corrected chi connectivity index (χ2v) is 2.47. The number of hydrogen-bond donors (Lipinski definition) is 1. The van der Waals surface area contributed by atoms with Crippen molar-refractivity contribution in [3.05, 3.63) is 42.6 Å². The Hall–Kier alpha value is -1.09. The number of nitrogen functional groups attached to an aromatic ring is 1. The number of halogens is 1. The molecule has 1 heterocycles. The molecule has 0 amide bonds. The van der Waals surface area contributed by atoms with Gasteiger partial charge in [-0.3, -0.25) is 0 Å². The van der Waals surface area contributed by atoms with Crippen LogP contribution in [0.15, 0.2) is 42.6 Å². The summed E-state index contributed by atoms with van der Waals surface area (Å²) in [5.74, 6) is 5.67. The maximum absolute atomic E-state index is 5.67. The Bertz CT molecular complexity index is 382.